The number of nitrogens with one attached hydrogen (secondary N) is 1. The fourth-order valence-electron chi connectivity index (χ4n) is 0.655. The summed E-state index contributed by atoms with van der Waals surface area (Å²) in [6, 6.07) is 0. The molecular formula is C8H16BrNO2. The van der Waals surface area contributed by atoms with Crippen molar-refractivity contribution >= 4 is 21.8 Å². The molecule has 3 nitrogen and oxygen atoms in total. The predicted octanol–water partition coefficient (Wildman–Crippen LogP) is 1.31. The maximum atomic E-state index is 10.9. The van der Waals surface area contributed by atoms with Crippen LogP contribution in [0, 0.1) is 0 Å². The third-order valence-corrected chi connectivity index (χ3v) is 1.77. The number of ether oxygens (including phenoxy) is 1. The summed E-state index contributed by atoms with van der Waals surface area (Å²) in [7, 11) is 0. The Balaban J connectivity index is 3.10. The molecule has 4 heteroatoms. The van der Waals surface area contributed by atoms with Crippen molar-refractivity contribution in [2.24, 2.45) is 0 Å². The molecule has 0 aliphatic carbocycles. The van der Waals surface area contributed by atoms with Gasteiger partial charge in [-0.25, -0.2) is 0 Å². The molecule has 0 spiro atoms. The fraction of sp³-hybridized carbons (Fsp3) is 0.875. The number of carbonyl (C=O) groups excluding carboxylic acids is 1. The third kappa shape index (κ3) is 8.01. The van der Waals surface area contributed by atoms with E-state index in [0.717, 1.165) is 24.7 Å². The van der Waals surface area contributed by atoms with Crippen LogP contribution in [0.5, 0.6) is 0 Å². The number of hydrogen-bond donors (Lipinski definition) is 1. The normalized spacial score (nSPS) is 9.83. The second-order valence-corrected chi connectivity index (χ2v) is 3.24. The van der Waals surface area contributed by atoms with Crippen LogP contribution in [0.25, 0.3) is 0 Å². The molecule has 0 aliphatic rings. The van der Waals surface area contributed by atoms with Crippen molar-refractivity contribution in [3.63, 3.8) is 0 Å². The second kappa shape index (κ2) is 9.00. The van der Waals surface area contributed by atoms with Gasteiger partial charge in [0.25, 0.3) is 0 Å². The minimum Gasteiger partial charge on any atom is -0.372 e. The average Bonchev–Trinajstić information content (AvgIpc) is 2.06. The van der Waals surface area contributed by atoms with Crippen LogP contribution in [0.1, 0.15) is 19.8 Å². The molecule has 1 N–H and O–H groups in total. The Bertz CT molecular complexity index is 108. The van der Waals surface area contributed by atoms with Crippen molar-refractivity contribution in [3.8, 4) is 0 Å². The van der Waals surface area contributed by atoms with Crippen molar-refractivity contribution in [2.45, 2.75) is 19.8 Å². The van der Waals surface area contributed by atoms with E-state index < -0.39 is 0 Å². The van der Waals surface area contributed by atoms with Crippen LogP contribution < -0.4 is 5.32 Å². The van der Waals surface area contributed by atoms with E-state index in [4.69, 9.17) is 4.74 Å². The van der Waals surface area contributed by atoms with Gasteiger partial charge in [0.2, 0.25) is 5.91 Å². The Kier molecular flexibility index (Phi) is 8.93. The maximum Gasteiger partial charge on any atom is 0.245 e. The summed E-state index contributed by atoms with van der Waals surface area (Å²) < 4.78 is 5.05. The van der Waals surface area contributed by atoms with E-state index in [2.05, 4.69) is 21.2 Å². The molecule has 0 fully saturated rings. The average molecular weight is 238 g/mol. The number of rotatable bonds is 7. The first-order valence-electron chi connectivity index (χ1n) is 4.21. The van der Waals surface area contributed by atoms with Gasteiger partial charge in [-0.05, 0) is 12.8 Å². The lowest BCUT2D eigenvalue weighted by atomic mass is 10.4. The van der Waals surface area contributed by atoms with Crippen molar-refractivity contribution in [1.82, 2.24) is 5.32 Å². The monoisotopic (exact) mass is 237 g/mol. The topological polar surface area (TPSA) is 38.3 Å². The number of alkyl halides is 1. The van der Waals surface area contributed by atoms with Crippen LogP contribution in [0.3, 0.4) is 0 Å². The minimum absolute atomic E-state index is 0.0237. The van der Waals surface area contributed by atoms with Crippen molar-refractivity contribution in [2.75, 3.05) is 25.1 Å². The van der Waals surface area contributed by atoms with Gasteiger partial charge in [-0.15, -0.1) is 0 Å². The number of halogens is 1. The van der Waals surface area contributed by atoms with Gasteiger partial charge < -0.3 is 10.1 Å². The second-order valence-electron chi connectivity index (χ2n) is 2.45. The first-order valence-corrected chi connectivity index (χ1v) is 5.33. The SMILES string of the molecule is CCCOCC(=O)NCCCBr. The molecule has 0 bridgehead atoms. The highest BCUT2D eigenvalue weighted by Crippen LogP contribution is 1.85. The highest BCUT2D eigenvalue weighted by atomic mass is 79.9. The highest BCUT2D eigenvalue weighted by Gasteiger charge is 1.98. The molecule has 0 saturated carbocycles. The summed E-state index contributed by atoms with van der Waals surface area (Å²) in [6.45, 7) is 3.59. The Morgan fingerprint density at radius 2 is 2.33 bits per heavy atom. The maximum absolute atomic E-state index is 10.9. The fourth-order valence-corrected chi connectivity index (χ4v) is 0.935. The van der Waals surface area contributed by atoms with Crippen molar-refractivity contribution in [3.05, 3.63) is 0 Å². The summed E-state index contributed by atoms with van der Waals surface area (Å²) in [5, 5.41) is 3.67. The molecule has 0 saturated heterocycles. The van der Waals surface area contributed by atoms with Gasteiger partial charge in [0.15, 0.2) is 0 Å². The molecule has 0 aromatic heterocycles. The zero-order valence-corrected chi connectivity index (χ0v) is 9.02. The molecule has 0 radical (unpaired) electrons. The van der Waals surface area contributed by atoms with Gasteiger partial charge >= 0.3 is 0 Å². The highest BCUT2D eigenvalue weighted by molar-refractivity contribution is 9.09. The van der Waals surface area contributed by atoms with E-state index in [9.17, 15) is 4.79 Å². The van der Waals surface area contributed by atoms with Gasteiger partial charge in [0, 0.05) is 18.5 Å². The Morgan fingerprint density at radius 1 is 1.58 bits per heavy atom. The lowest BCUT2D eigenvalue weighted by molar-refractivity contribution is -0.125. The zero-order chi connectivity index (χ0) is 9.23. The van der Waals surface area contributed by atoms with E-state index in [1.807, 2.05) is 6.92 Å². The largest absolute Gasteiger partial charge is 0.372 e. The van der Waals surface area contributed by atoms with Gasteiger partial charge in [0.1, 0.15) is 6.61 Å². The first-order chi connectivity index (χ1) is 5.81. The van der Waals surface area contributed by atoms with Crippen LogP contribution in [-0.4, -0.2) is 31.0 Å². The summed E-state index contributed by atoms with van der Waals surface area (Å²) in [6.07, 6.45) is 1.91. The van der Waals surface area contributed by atoms with Crippen LogP contribution >= 0.6 is 15.9 Å². The van der Waals surface area contributed by atoms with Crippen LogP contribution in [-0.2, 0) is 9.53 Å². The molecule has 0 unspecified atom stereocenters. The van der Waals surface area contributed by atoms with Crippen molar-refractivity contribution in [1.29, 1.82) is 0 Å². The summed E-state index contributed by atoms with van der Waals surface area (Å²) in [5.74, 6) is -0.0237. The summed E-state index contributed by atoms with van der Waals surface area (Å²) in [4.78, 5) is 10.9. The van der Waals surface area contributed by atoms with E-state index in [1.165, 1.54) is 0 Å². The minimum atomic E-state index is -0.0237. The quantitative estimate of drug-likeness (QED) is 0.536. The molecular weight excluding hydrogens is 222 g/mol. The van der Waals surface area contributed by atoms with Gasteiger partial charge in [-0.2, -0.15) is 0 Å². The first kappa shape index (κ1) is 11.9. The molecule has 12 heavy (non-hydrogen) atoms. The summed E-state index contributed by atoms with van der Waals surface area (Å²) in [5.41, 5.74) is 0. The Hall–Kier alpha value is -0.0900. The lowest BCUT2D eigenvalue weighted by Gasteiger charge is -2.03. The molecule has 0 aliphatic heterocycles. The molecule has 72 valence electrons. The van der Waals surface area contributed by atoms with Gasteiger partial charge in [-0.1, -0.05) is 22.9 Å². The van der Waals surface area contributed by atoms with Gasteiger partial charge in [-0.3, -0.25) is 4.79 Å². The lowest BCUT2D eigenvalue weighted by Crippen LogP contribution is -2.28. The molecule has 0 rings (SSSR count). The van der Waals surface area contributed by atoms with Crippen LogP contribution in [0.4, 0.5) is 0 Å². The molecule has 1 amide bonds. The smallest absolute Gasteiger partial charge is 0.245 e. The van der Waals surface area contributed by atoms with E-state index in [1.54, 1.807) is 0 Å². The van der Waals surface area contributed by atoms with Crippen LogP contribution in [0.15, 0.2) is 0 Å². The zero-order valence-electron chi connectivity index (χ0n) is 7.44. The molecule has 0 aromatic carbocycles. The Morgan fingerprint density at radius 3 is 2.92 bits per heavy atom. The number of amides is 1. The molecule has 0 aromatic rings. The molecule has 0 atom stereocenters. The number of hydrogen-bond acceptors (Lipinski definition) is 2. The molecule has 0 heterocycles. The van der Waals surface area contributed by atoms with Crippen LogP contribution in [0.2, 0.25) is 0 Å². The Labute approximate surface area is 82.0 Å². The van der Waals surface area contributed by atoms with E-state index >= 15 is 0 Å². The number of carbonyl (C=O) groups is 1. The van der Waals surface area contributed by atoms with E-state index in [0.29, 0.717) is 6.61 Å². The van der Waals surface area contributed by atoms with E-state index in [-0.39, 0.29) is 12.5 Å². The third-order valence-electron chi connectivity index (χ3n) is 1.21. The van der Waals surface area contributed by atoms with Gasteiger partial charge in [0.05, 0.1) is 0 Å². The summed E-state index contributed by atoms with van der Waals surface area (Å²) >= 11 is 3.28. The van der Waals surface area contributed by atoms with Crippen molar-refractivity contribution < 1.29 is 9.53 Å². The standard InChI is InChI=1S/C8H16BrNO2/c1-2-6-12-7-8(11)10-5-3-4-9/h2-7H2,1H3,(H,10,11). The predicted molar refractivity (Wildman–Crippen MR) is 52.5 cm³/mol.